The first-order valence-corrected chi connectivity index (χ1v) is 9.28. The van der Waals surface area contributed by atoms with Crippen molar-refractivity contribution in [3.8, 4) is 5.75 Å². The minimum atomic E-state index is -0.388. The van der Waals surface area contributed by atoms with Crippen LogP contribution in [0.3, 0.4) is 0 Å². The van der Waals surface area contributed by atoms with Crippen LogP contribution >= 0.6 is 43.5 Å². The van der Waals surface area contributed by atoms with E-state index in [9.17, 15) is 9.18 Å². The Bertz CT molecular complexity index is 779. The number of hydrogen-bond acceptors (Lipinski definition) is 2. The molecule has 0 radical (unpaired) electrons. The van der Waals surface area contributed by atoms with Crippen LogP contribution in [-0.4, -0.2) is 12.4 Å². The summed E-state index contributed by atoms with van der Waals surface area (Å²) in [5, 5.41) is 0.986. The molecule has 120 valence electrons. The SMILES string of the molecule is O=C1c2cc(CBr)cc(Br)c2OCC1Cc1ccc(F)cc1Cl. The number of carbonyl (C=O) groups excluding carboxylic acids is 1. The molecule has 1 atom stereocenters. The molecule has 0 N–H and O–H groups in total. The van der Waals surface area contributed by atoms with Gasteiger partial charge in [0.1, 0.15) is 11.6 Å². The van der Waals surface area contributed by atoms with Crippen molar-refractivity contribution in [2.24, 2.45) is 5.92 Å². The molecule has 1 heterocycles. The van der Waals surface area contributed by atoms with Crippen molar-refractivity contribution in [3.63, 3.8) is 0 Å². The van der Waals surface area contributed by atoms with Crippen LogP contribution in [0.5, 0.6) is 5.75 Å². The molecule has 23 heavy (non-hydrogen) atoms. The first-order chi connectivity index (χ1) is 11.0. The highest BCUT2D eigenvalue weighted by molar-refractivity contribution is 9.10. The monoisotopic (exact) mass is 460 g/mol. The molecule has 0 bridgehead atoms. The van der Waals surface area contributed by atoms with Gasteiger partial charge in [0, 0.05) is 10.4 Å². The lowest BCUT2D eigenvalue weighted by Crippen LogP contribution is -2.30. The van der Waals surface area contributed by atoms with Crippen molar-refractivity contribution < 1.29 is 13.9 Å². The highest BCUT2D eigenvalue weighted by Crippen LogP contribution is 2.37. The minimum Gasteiger partial charge on any atom is -0.491 e. The van der Waals surface area contributed by atoms with Gasteiger partial charge in [-0.05, 0) is 57.7 Å². The van der Waals surface area contributed by atoms with Crippen LogP contribution in [0.15, 0.2) is 34.8 Å². The van der Waals surface area contributed by atoms with E-state index < -0.39 is 0 Å². The second kappa shape index (κ2) is 6.91. The summed E-state index contributed by atoms with van der Waals surface area (Å²) in [5.74, 6) is -0.111. The molecule has 1 unspecified atom stereocenters. The van der Waals surface area contributed by atoms with Gasteiger partial charge in [0.25, 0.3) is 0 Å². The molecule has 0 amide bonds. The van der Waals surface area contributed by atoms with Crippen molar-refractivity contribution >= 4 is 49.2 Å². The minimum absolute atomic E-state index is 0.0233. The molecule has 0 aromatic heterocycles. The van der Waals surface area contributed by atoms with Crippen molar-refractivity contribution in [1.82, 2.24) is 0 Å². The first kappa shape index (κ1) is 16.9. The lowest BCUT2D eigenvalue weighted by molar-refractivity contribution is 0.0829. The molecule has 0 saturated heterocycles. The van der Waals surface area contributed by atoms with Gasteiger partial charge in [0.15, 0.2) is 5.78 Å². The topological polar surface area (TPSA) is 26.3 Å². The summed E-state index contributed by atoms with van der Waals surface area (Å²) in [4.78, 5) is 12.8. The Labute approximate surface area is 155 Å². The highest BCUT2D eigenvalue weighted by atomic mass is 79.9. The molecule has 2 aromatic carbocycles. The van der Waals surface area contributed by atoms with Crippen LogP contribution in [0.1, 0.15) is 21.5 Å². The van der Waals surface area contributed by atoms with Crippen LogP contribution < -0.4 is 4.74 Å². The van der Waals surface area contributed by atoms with Crippen molar-refractivity contribution in [2.75, 3.05) is 6.61 Å². The molecule has 2 nitrogen and oxygen atoms in total. The molecule has 3 rings (SSSR count). The number of halogens is 4. The maximum absolute atomic E-state index is 13.1. The number of ketones is 1. The summed E-state index contributed by atoms with van der Waals surface area (Å²) in [6.07, 6.45) is 0.424. The quantitative estimate of drug-likeness (QED) is 0.558. The van der Waals surface area contributed by atoms with Crippen LogP contribution in [-0.2, 0) is 11.8 Å². The normalized spacial score (nSPS) is 16.9. The van der Waals surface area contributed by atoms with E-state index in [2.05, 4.69) is 31.9 Å². The number of benzene rings is 2. The van der Waals surface area contributed by atoms with Crippen LogP contribution in [0, 0.1) is 11.7 Å². The Kier molecular flexibility index (Phi) is 5.09. The molecule has 6 heteroatoms. The van der Waals surface area contributed by atoms with Crippen LogP contribution in [0.2, 0.25) is 5.02 Å². The summed E-state index contributed by atoms with van der Waals surface area (Å²) < 4.78 is 19.7. The van der Waals surface area contributed by atoms with E-state index in [-0.39, 0.29) is 24.1 Å². The molecule has 2 aromatic rings. The second-order valence-electron chi connectivity index (χ2n) is 5.40. The first-order valence-electron chi connectivity index (χ1n) is 6.99. The van der Waals surface area contributed by atoms with Gasteiger partial charge >= 0.3 is 0 Å². The zero-order chi connectivity index (χ0) is 16.6. The number of ether oxygens (including phenoxy) is 1. The third-order valence-electron chi connectivity index (χ3n) is 3.80. The summed E-state index contributed by atoms with van der Waals surface area (Å²) in [7, 11) is 0. The fourth-order valence-corrected chi connectivity index (χ4v) is 3.83. The van der Waals surface area contributed by atoms with E-state index >= 15 is 0 Å². The number of rotatable bonds is 3. The van der Waals surface area contributed by atoms with Crippen molar-refractivity contribution in [1.29, 1.82) is 0 Å². The Morgan fingerprint density at radius 3 is 2.78 bits per heavy atom. The van der Waals surface area contributed by atoms with E-state index in [4.69, 9.17) is 16.3 Å². The average molecular weight is 463 g/mol. The van der Waals surface area contributed by atoms with E-state index in [0.29, 0.717) is 28.1 Å². The Morgan fingerprint density at radius 2 is 2.09 bits per heavy atom. The van der Waals surface area contributed by atoms with Gasteiger partial charge in [-0.3, -0.25) is 4.79 Å². The molecule has 0 aliphatic carbocycles. The number of Topliss-reactive ketones (excluding diaryl/α,β-unsaturated/α-hetero) is 1. The molecule has 0 fully saturated rings. The standard InChI is InChI=1S/C17H12Br2ClFO2/c18-7-9-3-13-16(22)11(8-23-17(13)14(19)4-9)5-10-1-2-12(21)6-15(10)20/h1-4,6,11H,5,7-8H2. The second-order valence-corrected chi connectivity index (χ2v) is 7.22. The molecule has 1 aliphatic heterocycles. The largest absolute Gasteiger partial charge is 0.491 e. The van der Waals surface area contributed by atoms with Gasteiger partial charge in [-0.15, -0.1) is 0 Å². The maximum Gasteiger partial charge on any atom is 0.173 e. The number of carbonyl (C=O) groups is 1. The predicted molar refractivity (Wildman–Crippen MR) is 95.2 cm³/mol. The lowest BCUT2D eigenvalue weighted by Gasteiger charge is -2.26. The van der Waals surface area contributed by atoms with Gasteiger partial charge in [0.05, 0.1) is 22.6 Å². The van der Waals surface area contributed by atoms with Gasteiger partial charge in [-0.1, -0.05) is 33.6 Å². The van der Waals surface area contributed by atoms with Gasteiger partial charge < -0.3 is 4.74 Å². The Morgan fingerprint density at radius 1 is 1.30 bits per heavy atom. The number of hydrogen-bond donors (Lipinski definition) is 0. The van der Waals surface area contributed by atoms with Crippen LogP contribution in [0.4, 0.5) is 4.39 Å². The average Bonchev–Trinajstić information content (AvgIpc) is 2.52. The Balaban J connectivity index is 1.90. The molecule has 0 saturated carbocycles. The summed E-state index contributed by atoms with van der Waals surface area (Å²) in [6, 6.07) is 8.00. The molecular weight excluding hydrogens is 450 g/mol. The fraction of sp³-hybridized carbons (Fsp3) is 0.235. The summed E-state index contributed by atoms with van der Waals surface area (Å²) >= 11 is 12.9. The molecule has 1 aliphatic rings. The zero-order valence-electron chi connectivity index (χ0n) is 11.9. The maximum atomic E-state index is 13.1. The third kappa shape index (κ3) is 3.47. The van der Waals surface area contributed by atoms with E-state index in [1.165, 1.54) is 12.1 Å². The van der Waals surface area contributed by atoms with Gasteiger partial charge in [-0.25, -0.2) is 4.39 Å². The zero-order valence-corrected chi connectivity index (χ0v) is 15.8. The smallest absolute Gasteiger partial charge is 0.173 e. The Hall–Kier alpha value is -0.910. The summed E-state index contributed by atoms with van der Waals surface area (Å²) in [5.41, 5.74) is 2.31. The number of alkyl halides is 1. The van der Waals surface area contributed by atoms with Gasteiger partial charge in [0.2, 0.25) is 0 Å². The van der Waals surface area contributed by atoms with Crippen LogP contribution in [0.25, 0.3) is 0 Å². The molecule has 0 spiro atoms. The van der Waals surface area contributed by atoms with Crippen molar-refractivity contribution in [2.45, 2.75) is 11.8 Å². The highest BCUT2D eigenvalue weighted by Gasteiger charge is 2.31. The summed E-state index contributed by atoms with van der Waals surface area (Å²) in [6.45, 7) is 0.284. The van der Waals surface area contributed by atoms with Crippen molar-refractivity contribution in [3.05, 3.63) is 62.3 Å². The molecular formula is C17H12Br2ClFO2. The fourth-order valence-electron chi connectivity index (χ4n) is 2.64. The van der Waals surface area contributed by atoms with E-state index in [0.717, 1.165) is 15.6 Å². The third-order valence-corrected chi connectivity index (χ3v) is 5.39. The predicted octanol–water partition coefficient (Wildman–Crippen LogP) is 5.57. The number of fused-ring (bicyclic) bond motifs is 1. The van der Waals surface area contributed by atoms with E-state index in [1.807, 2.05) is 12.1 Å². The lowest BCUT2D eigenvalue weighted by atomic mass is 9.89. The van der Waals surface area contributed by atoms with Gasteiger partial charge in [-0.2, -0.15) is 0 Å². The van der Waals surface area contributed by atoms with E-state index in [1.54, 1.807) is 6.07 Å².